The van der Waals surface area contributed by atoms with E-state index in [1.807, 2.05) is 38.1 Å². The molecule has 7 nitrogen and oxygen atoms in total. The Morgan fingerprint density at radius 2 is 1.48 bits per heavy atom. The van der Waals surface area contributed by atoms with E-state index in [0.717, 1.165) is 17.1 Å². The number of rotatable bonds is 6. The van der Waals surface area contributed by atoms with Gasteiger partial charge in [0.2, 0.25) is 5.78 Å². The molecule has 7 heteroatoms. The quantitative estimate of drug-likeness (QED) is 0.474. The van der Waals surface area contributed by atoms with E-state index in [1.54, 1.807) is 26.0 Å². The van der Waals surface area contributed by atoms with Crippen LogP contribution in [-0.4, -0.2) is 40.5 Å². The lowest BCUT2D eigenvalue weighted by Crippen LogP contribution is -2.25. The number of aryl methyl sites for hydroxylation is 3. The highest BCUT2D eigenvalue weighted by Crippen LogP contribution is 2.22. The van der Waals surface area contributed by atoms with E-state index in [2.05, 4.69) is 9.55 Å². The molecule has 1 N–H and O–H groups in total. The summed E-state index contributed by atoms with van der Waals surface area (Å²) in [6.45, 7) is 8.87. The Kier molecular flexibility index (Phi) is 6.15. The van der Waals surface area contributed by atoms with Crippen LogP contribution in [0.15, 0.2) is 36.4 Å². The molecule has 1 atom stereocenters. The third-order valence-corrected chi connectivity index (χ3v) is 5.36. The van der Waals surface area contributed by atoms with Crippen LogP contribution in [0.2, 0.25) is 0 Å². The number of ether oxygens (including phenoxy) is 2. The van der Waals surface area contributed by atoms with E-state index in [4.69, 9.17) is 9.47 Å². The molecule has 162 valence electrons. The number of Topliss-reactive ketones (excluding diaryl/α,β-unsaturated/α-hetero) is 1. The molecular formula is C24H26N2O5. The van der Waals surface area contributed by atoms with Gasteiger partial charge in [0, 0.05) is 22.8 Å². The van der Waals surface area contributed by atoms with Gasteiger partial charge in [0.25, 0.3) is 0 Å². The summed E-state index contributed by atoms with van der Waals surface area (Å²) in [6, 6.07) is 11.1. The van der Waals surface area contributed by atoms with Crippen molar-refractivity contribution < 1.29 is 23.9 Å². The number of nitrogens with zero attached hydrogens (tertiary/aromatic N) is 1. The average Bonchev–Trinajstić information content (AvgIpc) is 3.24. The summed E-state index contributed by atoms with van der Waals surface area (Å²) in [5.41, 5.74) is 5.01. The lowest BCUT2D eigenvalue weighted by molar-refractivity contribution is 0.0316. The molecule has 0 saturated carbocycles. The second kappa shape index (κ2) is 8.63. The Labute approximate surface area is 181 Å². The van der Waals surface area contributed by atoms with Gasteiger partial charge in [-0.25, -0.2) is 9.59 Å². The minimum absolute atomic E-state index is 0.229. The van der Waals surface area contributed by atoms with Crippen LogP contribution in [0.5, 0.6) is 0 Å². The fraction of sp³-hybridized carbons (Fsp3) is 0.292. The van der Waals surface area contributed by atoms with Crippen molar-refractivity contribution in [3.63, 3.8) is 0 Å². The molecule has 0 bridgehead atoms. The molecule has 0 fully saturated rings. The summed E-state index contributed by atoms with van der Waals surface area (Å²) in [5.74, 6) is -1.54. The van der Waals surface area contributed by atoms with Crippen molar-refractivity contribution in [3.05, 3.63) is 75.9 Å². The molecule has 0 unspecified atom stereocenters. The fourth-order valence-corrected chi connectivity index (χ4v) is 3.71. The molecule has 0 spiro atoms. The second-order valence-corrected chi connectivity index (χ2v) is 7.53. The monoisotopic (exact) mass is 422 g/mol. The van der Waals surface area contributed by atoms with Gasteiger partial charge in [-0.3, -0.25) is 4.79 Å². The number of carbonyl (C=O) groups excluding carboxylic acids is 3. The van der Waals surface area contributed by atoms with Gasteiger partial charge in [-0.15, -0.1) is 0 Å². The Hall–Kier alpha value is -3.61. The van der Waals surface area contributed by atoms with Crippen LogP contribution in [0.25, 0.3) is 5.69 Å². The summed E-state index contributed by atoms with van der Waals surface area (Å²) in [5, 5.41) is 0. The Balaban J connectivity index is 1.75. The number of benzene rings is 1. The SMILES string of the molecule is COC(=O)c1c(C)[nH]c(C(=O)[C@@H](C)OC(=O)c2ccc(-n3c(C)ccc3C)cc2)c1C. The van der Waals surface area contributed by atoms with E-state index in [0.29, 0.717) is 22.4 Å². The van der Waals surface area contributed by atoms with Gasteiger partial charge >= 0.3 is 11.9 Å². The molecule has 0 radical (unpaired) electrons. The zero-order chi connectivity index (χ0) is 22.9. The van der Waals surface area contributed by atoms with Crippen LogP contribution >= 0.6 is 0 Å². The Morgan fingerprint density at radius 3 is 2.03 bits per heavy atom. The van der Waals surface area contributed by atoms with E-state index in [9.17, 15) is 14.4 Å². The van der Waals surface area contributed by atoms with Crippen molar-refractivity contribution in [2.24, 2.45) is 0 Å². The van der Waals surface area contributed by atoms with Crippen LogP contribution in [0.3, 0.4) is 0 Å². The minimum atomic E-state index is -1.02. The lowest BCUT2D eigenvalue weighted by Gasteiger charge is -2.13. The summed E-state index contributed by atoms with van der Waals surface area (Å²) < 4.78 is 12.2. The normalized spacial score (nSPS) is 11.8. The number of ketones is 1. The highest BCUT2D eigenvalue weighted by Gasteiger charge is 2.27. The summed E-state index contributed by atoms with van der Waals surface area (Å²) in [7, 11) is 1.28. The summed E-state index contributed by atoms with van der Waals surface area (Å²) in [6.07, 6.45) is -1.02. The molecule has 31 heavy (non-hydrogen) atoms. The van der Waals surface area contributed by atoms with Gasteiger partial charge in [-0.05, 0) is 76.6 Å². The third kappa shape index (κ3) is 4.17. The Bertz CT molecular complexity index is 1130. The number of methoxy groups -OCH3 is 1. The van der Waals surface area contributed by atoms with E-state index in [-0.39, 0.29) is 5.69 Å². The van der Waals surface area contributed by atoms with E-state index in [1.165, 1.54) is 14.0 Å². The van der Waals surface area contributed by atoms with Gasteiger partial charge in [0.1, 0.15) is 0 Å². The third-order valence-electron chi connectivity index (χ3n) is 5.36. The van der Waals surface area contributed by atoms with Crippen molar-refractivity contribution >= 4 is 17.7 Å². The zero-order valence-corrected chi connectivity index (χ0v) is 18.5. The first-order valence-corrected chi connectivity index (χ1v) is 9.93. The van der Waals surface area contributed by atoms with Crippen molar-refractivity contribution in [1.82, 2.24) is 9.55 Å². The predicted molar refractivity (Wildman–Crippen MR) is 116 cm³/mol. The molecule has 3 aromatic rings. The number of nitrogens with one attached hydrogen (secondary N) is 1. The van der Waals surface area contributed by atoms with Crippen LogP contribution < -0.4 is 0 Å². The molecular weight excluding hydrogens is 396 g/mol. The Morgan fingerprint density at radius 1 is 0.903 bits per heavy atom. The highest BCUT2D eigenvalue weighted by atomic mass is 16.5. The first-order valence-electron chi connectivity index (χ1n) is 9.93. The molecule has 0 amide bonds. The number of esters is 2. The molecule has 1 aromatic carbocycles. The number of aromatic nitrogens is 2. The van der Waals surface area contributed by atoms with Crippen LogP contribution in [0.1, 0.15) is 60.8 Å². The van der Waals surface area contributed by atoms with Crippen LogP contribution in [-0.2, 0) is 9.47 Å². The highest BCUT2D eigenvalue weighted by molar-refractivity contribution is 6.04. The largest absolute Gasteiger partial charge is 0.465 e. The number of carbonyl (C=O) groups is 3. The molecule has 0 aliphatic carbocycles. The van der Waals surface area contributed by atoms with Gasteiger partial charge in [0.15, 0.2) is 6.10 Å². The fourth-order valence-electron chi connectivity index (χ4n) is 3.71. The lowest BCUT2D eigenvalue weighted by atomic mass is 10.1. The maximum absolute atomic E-state index is 12.8. The van der Waals surface area contributed by atoms with Crippen molar-refractivity contribution in [1.29, 1.82) is 0 Å². The number of hydrogen-bond donors (Lipinski definition) is 1. The van der Waals surface area contributed by atoms with Crippen LogP contribution in [0, 0.1) is 27.7 Å². The van der Waals surface area contributed by atoms with Gasteiger partial charge < -0.3 is 19.0 Å². The van der Waals surface area contributed by atoms with Gasteiger partial charge in [-0.1, -0.05) is 0 Å². The van der Waals surface area contributed by atoms with Crippen molar-refractivity contribution in [2.45, 2.75) is 40.7 Å². The molecule has 0 saturated heterocycles. The maximum Gasteiger partial charge on any atom is 0.339 e. The van der Waals surface area contributed by atoms with Crippen molar-refractivity contribution in [3.8, 4) is 5.69 Å². The number of aromatic amines is 1. The maximum atomic E-state index is 12.8. The van der Waals surface area contributed by atoms with Crippen LogP contribution in [0.4, 0.5) is 0 Å². The molecule has 0 aliphatic heterocycles. The van der Waals surface area contributed by atoms with Gasteiger partial charge in [0.05, 0.1) is 23.9 Å². The zero-order valence-electron chi connectivity index (χ0n) is 18.5. The minimum Gasteiger partial charge on any atom is -0.465 e. The second-order valence-electron chi connectivity index (χ2n) is 7.53. The average molecular weight is 422 g/mol. The number of H-pyrrole nitrogens is 1. The van der Waals surface area contributed by atoms with E-state index >= 15 is 0 Å². The smallest absolute Gasteiger partial charge is 0.339 e. The predicted octanol–water partition coefficient (Wildman–Crippen LogP) is 4.25. The molecule has 2 aromatic heterocycles. The first-order chi connectivity index (χ1) is 14.6. The summed E-state index contributed by atoms with van der Waals surface area (Å²) in [4.78, 5) is 40.2. The van der Waals surface area contributed by atoms with Crippen molar-refractivity contribution in [2.75, 3.05) is 7.11 Å². The standard InChI is InChI=1S/C24H26N2O5/c1-13-7-8-14(2)26(13)19-11-9-18(10-12-19)23(28)31-17(5)22(27)21-15(3)20(16(4)25-21)24(29)30-6/h7-12,17,25H,1-6H3/t17-/m1/s1. The van der Waals surface area contributed by atoms with Gasteiger partial charge in [-0.2, -0.15) is 0 Å². The first kappa shape index (κ1) is 22.1. The molecule has 3 rings (SSSR count). The molecule has 0 aliphatic rings. The molecule has 2 heterocycles. The number of hydrogen-bond acceptors (Lipinski definition) is 5. The summed E-state index contributed by atoms with van der Waals surface area (Å²) >= 11 is 0. The topological polar surface area (TPSA) is 90.4 Å². The van der Waals surface area contributed by atoms with E-state index < -0.39 is 23.8 Å².